The molecule has 0 spiro atoms. The van der Waals surface area contributed by atoms with Gasteiger partial charge in [-0.15, -0.1) is 11.8 Å². The summed E-state index contributed by atoms with van der Waals surface area (Å²) in [5.41, 5.74) is 1.98. The van der Waals surface area contributed by atoms with E-state index in [0.29, 0.717) is 12.2 Å². The molecule has 7 heteroatoms. The zero-order valence-electron chi connectivity index (χ0n) is 15.5. The maximum absolute atomic E-state index is 10.3. The van der Waals surface area contributed by atoms with Crippen molar-refractivity contribution in [1.82, 2.24) is 0 Å². The van der Waals surface area contributed by atoms with Gasteiger partial charge in [0.2, 0.25) is 0 Å². The zero-order valence-corrected chi connectivity index (χ0v) is 16.4. The summed E-state index contributed by atoms with van der Waals surface area (Å²) in [7, 11) is 0. The molecule has 0 aromatic heterocycles. The lowest BCUT2D eigenvalue weighted by Gasteiger charge is -2.39. The van der Waals surface area contributed by atoms with Crippen molar-refractivity contribution in [3.63, 3.8) is 0 Å². The molecule has 5 N–H and O–H groups in total. The van der Waals surface area contributed by atoms with E-state index in [2.05, 4.69) is 0 Å². The molecule has 0 bridgehead atoms. The van der Waals surface area contributed by atoms with Crippen molar-refractivity contribution in [2.75, 3.05) is 6.61 Å². The van der Waals surface area contributed by atoms with Crippen LogP contribution in [0.1, 0.15) is 29.7 Å². The Bertz CT molecular complexity index is 764. The van der Waals surface area contributed by atoms with Gasteiger partial charge in [0.15, 0.2) is 5.44 Å². The quantitative estimate of drug-likeness (QED) is 0.491. The smallest absolute Gasteiger partial charge is 0.173 e. The van der Waals surface area contributed by atoms with Crippen LogP contribution in [0.4, 0.5) is 0 Å². The molecular formula is C21H26O6S. The van der Waals surface area contributed by atoms with Gasteiger partial charge in [0.25, 0.3) is 0 Å². The molecule has 1 unspecified atom stereocenters. The minimum atomic E-state index is -1.39. The van der Waals surface area contributed by atoms with Gasteiger partial charge in [-0.3, -0.25) is 0 Å². The average Bonchev–Trinajstić information content (AvgIpc) is 2.70. The van der Waals surface area contributed by atoms with E-state index in [4.69, 9.17) is 4.74 Å². The second-order valence-electron chi connectivity index (χ2n) is 7.02. The number of ether oxygens (including phenoxy) is 1. The first kappa shape index (κ1) is 21.1. The van der Waals surface area contributed by atoms with Gasteiger partial charge in [-0.25, -0.2) is 0 Å². The first-order chi connectivity index (χ1) is 13.4. The first-order valence-electron chi connectivity index (χ1n) is 9.22. The summed E-state index contributed by atoms with van der Waals surface area (Å²) >= 11 is 1.11. The lowest BCUT2D eigenvalue weighted by atomic mass is 10.0. The Hall–Kier alpha value is -1.61. The molecular weight excluding hydrogens is 380 g/mol. The predicted octanol–water partition coefficient (Wildman–Crippen LogP) is 1.23. The molecule has 6 nitrogen and oxygen atoms in total. The van der Waals surface area contributed by atoms with Crippen LogP contribution in [0.2, 0.25) is 0 Å². The topological polar surface area (TPSA) is 110 Å². The van der Waals surface area contributed by atoms with Crippen molar-refractivity contribution in [3.8, 4) is 5.75 Å². The van der Waals surface area contributed by atoms with Gasteiger partial charge in [0.1, 0.15) is 18.0 Å². The summed E-state index contributed by atoms with van der Waals surface area (Å²) < 4.78 is 5.97. The summed E-state index contributed by atoms with van der Waals surface area (Å²) in [6, 6.07) is 15.1. The molecule has 0 aliphatic carbocycles. The molecule has 2 aromatic carbocycles. The van der Waals surface area contributed by atoms with E-state index in [1.807, 2.05) is 42.5 Å². The molecule has 28 heavy (non-hydrogen) atoms. The monoisotopic (exact) mass is 406 g/mol. The molecule has 6 atom stereocenters. The Morgan fingerprint density at radius 2 is 1.64 bits per heavy atom. The number of aliphatic hydroxyl groups excluding tert-OH is 5. The third-order valence-electron chi connectivity index (χ3n) is 4.92. The summed E-state index contributed by atoms with van der Waals surface area (Å²) in [6.45, 7) is 1.39. The summed E-state index contributed by atoms with van der Waals surface area (Å²) in [6.07, 6.45) is -3.80. The highest BCUT2D eigenvalue weighted by molar-refractivity contribution is 8.00. The van der Waals surface area contributed by atoms with E-state index in [0.717, 1.165) is 28.5 Å². The second kappa shape index (κ2) is 9.26. The van der Waals surface area contributed by atoms with Crippen LogP contribution in [0.25, 0.3) is 0 Å². The van der Waals surface area contributed by atoms with Crippen molar-refractivity contribution in [2.24, 2.45) is 0 Å². The van der Waals surface area contributed by atoms with E-state index < -0.39 is 35.1 Å². The highest BCUT2D eigenvalue weighted by atomic mass is 32.2. The molecule has 0 radical (unpaired) electrons. The van der Waals surface area contributed by atoms with E-state index in [1.165, 1.54) is 0 Å². The molecule has 1 heterocycles. The van der Waals surface area contributed by atoms with Crippen LogP contribution < -0.4 is 4.74 Å². The van der Waals surface area contributed by atoms with Gasteiger partial charge in [-0.2, -0.15) is 0 Å². The number of rotatable bonds is 6. The summed E-state index contributed by atoms with van der Waals surface area (Å²) in [5.74, 6) is 0.568. The molecule has 0 saturated carbocycles. The highest BCUT2D eigenvalue weighted by Crippen LogP contribution is 2.35. The molecule has 1 fully saturated rings. The van der Waals surface area contributed by atoms with Gasteiger partial charge in [-0.05, 0) is 29.7 Å². The summed E-state index contributed by atoms with van der Waals surface area (Å²) in [4.78, 5) is 0. The maximum atomic E-state index is 10.3. The molecule has 152 valence electrons. The predicted molar refractivity (Wildman–Crippen MR) is 107 cm³/mol. The molecule has 1 saturated heterocycles. The average molecular weight is 407 g/mol. The minimum absolute atomic E-state index is 0.327. The van der Waals surface area contributed by atoms with Crippen LogP contribution in [-0.2, 0) is 6.42 Å². The molecule has 0 amide bonds. The molecule has 1 aliphatic rings. The van der Waals surface area contributed by atoms with Crippen molar-refractivity contribution in [3.05, 3.63) is 65.2 Å². The Morgan fingerprint density at radius 1 is 0.964 bits per heavy atom. The van der Waals surface area contributed by atoms with Gasteiger partial charge in [0, 0.05) is 6.42 Å². The van der Waals surface area contributed by atoms with Crippen molar-refractivity contribution < 1.29 is 30.3 Å². The van der Waals surface area contributed by atoms with Gasteiger partial charge >= 0.3 is 0 Å². The maximum Gasteiger partial charge on any atom is 0.173 e. The second-order valence-corrected chi connectivity index (χ2v) is 8.36. The summed E-state index contributed by atoms with van der Waals surface area (Å²) in [5, 5.41) is 48.7. The lowest BCUT2D eigenvalue weighted by molar-refractivity contribution is -0.0910. The van der Waals surface area contributed by atoms with Crippen LogP contribution in [0.15, 0.2) is 48.5 Å². The third-order valence-corrected chi connectivity index (χ3v) is 6.34. The van der Waals surface area contributed by atoms with Crippen LogP contribution in [0, 0.1) is 0 Å². The highest BCUT2D eigenvalue weighted by Gasteiger charge is 2.44. The van der Waals surface area contributed by atoms with Crippen LogP contribution >= 0.6 is 11.8 Å². The Labute approximate surface area is 168 Å². The van der Waals surface area contributed by atoms with Crippen LogP contribution in [0.5, 0.6) is 5.75 Å². The Morgan fingerprint density at radius 3 is 2.29 bits per heavy atom. The van der Waals surface area contributed by atoms with Crippen molar-refractivity contribution in [2.45, 2.75) is 48.4 Å². The first-order valence-corrected chi connectivity index (χ1v) is 10.2. The molecule has 1 aliphatic heterocycles. The van der Waals surface area contributed by atoms with Gasteiger partial charge in [0.05, 0.1) is 24.1 Å². The number of benzene rings is 2. The van der Waals surface area contributed by atoms with Gasteiger partial charge < -0.3 is 30.3 Å². The van der Waals surface area contributed by atoms with Crippen LogP contribution in [0.3, 0.4) is 0 Å². The van der Waals surface area contributed by atoms with Crippen LogP contribution in [-0.4, -0.2) is 61.1 Å². The fraction of sp³-hybridized carbons (Fsp3) is 0.429. The standard InChI is InChI=1S/C21H26O6S/c1-12(23)14-8-6-13(7-9-14)10-15-4-2-3-5-16(15)27-21-20(26)19(25)18(24)17(11-22)28-21/h2-9,12,17-26H,10-11H2,1H3/t12?,17-,18-,19+,20-,21-/m1/s1. The Kier molecular flexibility index (Phi) is 6.98. The van der Waals surface area contributed by atoms with Crippen molar-refractivity contribution >= 4 is 11.8 Å². The lowest BCUT2D eigenvalue weighted by Crippen LogP contribution is -2.55. The molecule has 2 aromatic rings. The van der Waals surface area contributed by atoms with Crippen molar-refractivity contribution in [1.29, 1.82) is 0 Å². The van der Waals surface area contributed by atoms with Gasteiger partial charge in [-0.1, -0.05) is 42.5 Å². The number of hydrogen-bond acceptors (Lipinski definition) is 7. The fourth-order valence-electron chi connectivity index (χ4n) is 3.19. The van der Waals surface area contributed by atoms with E-state index in [1.54, 1.807) is 13.0 Å². The third kappa shape index (κ3) is 4.68. The fourth-order valence-corrected chi connectivity index (χ4v) is 4.42. The number of para-hydroxylation sites is 1. The van der Waals surface area contributed by atoms with E-state index >= 15 is 0 Å². The number of aliphatic hydroxyl groups is 5. The van der Waals surface area contributed by atoms with E-state index in [9.17, 15) is 25.5 Å². The van der Waals surface area contributed by atoms with E-state index in [-0.39, 0.29) is 6.61 Å². The normalized spacial score (nSPS) is 28.7. The zero-order chi connectivity index (χ0) is 20.3. The SMILES string of the molecule is CC(O)c1ccc(Cc2ccccc2O[C@@H]2S[C@H](CO)[C@@H](O)[C@H](O)[C@H]2O)cc1. The number of hydrogen-bond donors (Lipinski definition) is 5. The largest absolute Gasteiger partial charge is 0.477 e. The minimum Gasteiger partial charge on any atom is -0.477 e. The molecule has 3 rings (SSSR count). The number of thioether (sulfide) groups is 1. The Balaban J connectivity index is 1.76.